The van der Waals surface area contributed by atoms with Crippen molar-refractivity contribution in [2.75, 3.05) is 39.7 Å². The average molecular weight is 282 g/mol. The number of nitrogens with two attached hydrogens (primary N) is 1. The lowest BCUT2D eigenvalue weighted by molar-refractivity contribution is -0.124. The Morgan fingerprint density at radius 2 is 2.05 bits per heavy atom. The van der Waals surface area contributed by atoms with E-state index in [9.17, 15) is 9.59 Å². The number of carbonyl (C=O) groups is 2. The first kappa shape index (κ1) is 15.8. The van der Waals surface area contributed by atoms with Gasteiger partial charge in [-0.1, -0.05) is 0 Å². The molecule has 7 nitrogen and oxygen atoms in total. The molecule has 0 saturated carbocycles. The molecule has 0 aromatic heterocycles. The fourth-order valence-electron chi connectivity index (χ4n) is 1.39. The van der Waals surface area contributed by atoms with E-state index in [1.54, 1.807) is 6.07 Å². The highest BCUT2D eigenvalue weighted by Crippen LogP contribution is 2.20. The molecule has 0 spiro atoms. The van der Waals surface area contributed by atoms with Crippen molar-refractivity contribution >= 4 is 17.6 Å². The maximum Gasteiger partial charge on any atom is 0.340 e. The molecule has 7 heteroatoms. The van der Waals surface area contributed by atoms with Crippen molar-refractivity contribution in [3.05, 3.63) is 23.8 Å². The largest absolute Gasteiger partial charge is 0.497 e. The number of nitrogen functional groups attached to an aromatic ring is 1. The number of benzene rings is 1. The molecule has 3 N–H and O–H groups in total. The van der Waals surface area contributed by atoms with Crippen LogP contribution in [0.2, 0.25) is 0 Å². The lowest BCUT2D eigenvalue weighted by atomic mass is 10.2. The number of ether oxygens (including phenoxy) is 3. The zero-order valence-electron chi connectivity index (χ0n) is 11.5. The minimum absolute atomic E-state index is 0.161. The van der Waals surface area contributed by atoms with E-state index in [0.29, 0.717) is 18.9 Å². The van der Waals surface area contributed by atoms with Gasteiger partial charge in [0.05, 0.1) is 19.3 Å². The molecule has 0 fully saturated rings. The van der Waals surface area contributed by atoms with Gasteiger partial charge in [-0.25, -0.2) is 4.79 Å². The summed E-state index contributed by atoms with van der Waals surface area (Å²) in [4.78, 5) is 23.2. The Hall–Kier alpha value is -2.28. The standard InChI is InChI=1S/C13H18N2O5/c1-18-6-5-15-12(16)8-20-13(17)10-7-9(19-2)3-4-11(10)14/h3-4,7H,5-6,8,14H2,1-2H3,(H,15,16). The van der Waals surface area contributed by atoms with E-state index in [2.05, 4.69) is 5.32 Å². The van der Waals surface area contributed by atoms with Crippen LogP contribution in [0, 0.1) is 0 Å². The summed E-state index contributed by atoms with van der Waals surface area (Å²) >= 11 is 0. The van der Waals surface area contributed by atoms with E-state index in [4.69, 9.17) is 19.9 Å². The normalized spacial score (nSPS) is 9.90. The maximum atomic E-state index is 11.8. The van der Waals surface area contributed by atoms with E-state index < -0.39 is 11.9 Å². The highest BCUT2D eigenvalue weighted by atomic mass is 16.5. The second kappa shape index (κ2) is 8.00. The Bertz CT molecular complexity index is 476. The number of anilines is 1. The Kier molecular flexibility index (Phi) is 6.31. The summed E-state index contributed by atoms with van der Waals surface area (Å²) in [6, 6.07) is 4.62. The minimum Gasteiger partial charge on any atom is -0.497 e. The Morgan fingerprint density at radius 1 is 1.30 bits per heavy atom. The lowest BCUT2D eigenvalue weighted by Gasteiger charge is -2.09. The van der Waals surface area contributed by atoms with Crippen LogP contribution in [0.5, 0.6) is 5.75 Å². The molecule has 0 aliphatic rings. The first-order chi connectivity index (χ1) is 9.58. The first-order valence-corrected chi connectivity index (χ1v) is 5.94. The highest BCUT2D eigenvalue weighted by molar-refractivity contribution is 5.96. The third kappa shape index (κ3) is 4.77. The molecule has 1 rings (SSSR count). The van der Waals surface area contributed by atoms with Gasteiger partial charge in [-0.2, -0.15) is 0 Å². The topological polar surface area (TPSA) is 99.9 Å². The van der Waals surface area contributed by atoms with Crippen molar-refractivity contribution in [2.24, 2.45) is 0 Å². The van der Waals surface area contributed by atoms with Crippen molar-refractivity contribution in [1.82, 2.24) is 5.32 Å². The predicted octanol–water partition coefficient (Wildman–Crippen LogP) is 0.197. The molecule has 0 aliphatic heterocycles. The third-order valence-corrected chi connectivity index (χ3v) is 2.44. The van der Waals surface area contributed by atoms with Crippen LogP contribution in [0.3, 0.4) is 0 Å². The number of hydrogen-bond acceptors (Lipinski definition) is 6. The van der Waals surface area contributed by atoms with Crippen molar-refractivity contribution in [3.8, 4) is 5.75 Å². The summed E-state index contributed by atoms with van der Waals surface area (Å²) in [7, 11) is 3.00. The van der Waals surface area contributed by atoms with Gasteiger partial charge in [-0.15, -0.1) is 0 Å². The smallest absolute Gasteiger partial charge is 0.340 e. The summed E-state index contributed by atoms with van der Waals surface area (Å²) in [5.74, 6) is -0.601. The Balaban J connectivity index is 2.52. The van der Waals surface area contributed by atoms with E-state index in [-0.39, 0.29) is 17.9 Å². The molecular weight excluding hydrogens is 264 g/mol. The van der Waals surface area contributed by atoms with Gasteiger partial charge >= 0.3 is 5.97 Å². The van der Waals surface area contributed by atoms with Crippen LogP contribution in [0.4, 0.5) is 5.69 Å². The van der Waals surface area contributed by atoms with Gasteiger partial charge < -0.3 is 25.3 Å². The second-order valence-corrected chi connectivity index (χ2v) is 3.87. The van der Waals surface area contributed by atoms with Crippen molar-refractivity contribution in [2.45, 2.75) is 0 Å². The summed E-state index contributed by atoms with van der Waals surface area (Å²) in [5.41, 5.74) is 6.10. The number of nitrogens with one attached hydrogen (secondary N) is 1. The molecule has 0 heterocycles. The SMILES string of the molecule is COCCNC(=O)COC(=O)c1cc(OC)ccc1N. The molecule has 0 radical (unpaired) electrons. The van der Waals surface area contributed by atoms with Crippen LogP contribution in [0.1, 0.15) is 10.4 Å². The van der Waals surface area contributed by atoms with Gasteiger partial charge in [0.1, 0.15) is 5.75 Å². The number of carbonyl (C=O) groups excluding carboxylic acids is 2. The predicted molar refractivity (Wildman–Crippen MR) is 72.6 cm³/mol. The molecule has 1 amide bonds. The summed E-state index contributed by atoms with van der Waals surface area (Å²) < 4.78 is 14.6. The fourth-order valence-corrected chi connectivity index (χ4v) is 1.39. The number of methoxy groups -OCH3 is 2. The van der Waals surface area contributed by atoms with Gasteiger partial charge in [0.15, 0.2) is 6.61 Å². The summed E-state index contributed by atoms with van der Waals surface area (Å²) in [6.07, 6.45) is 0. The van der Waals surface area contributed by atoms with Gasteiger partial charge in [-0.05, 0) is 18.2 Å². The van der Waals surface area contributed by atoms with Crippen LogP contribution < -0.4 is 15.8 Å². The molecule has 20 heavy (non-hydrogen) atoms. The number of rotatable bonds is 7. The van der Waals surface area contributed by atoms with Gasteiger partial charge in [-0.3, -0.25) is 4.79 Å². The molecule has 0 saturated heterocycles. The fraction of sp³-hybridized carbons (Fsp3) is 0.385. The van der Waals surface area contributed by atoms with E-state index in [1.165, 1.54) is 26.4 Å². The monoisotopic (exact) mass is 282 g/mol. The van der Waals surface area contributed by atoms with Crippen molar-refractivity contribution < 1.29 is 23.8 Å². The van der Waals surface area contributed by atoms with E-state index >= 15 is 0 Å². The van der Waals surface area contributed by atoms with Crippen LogP contribution in [-0.4, -0.2) is 45.9 Å². The highest BCUT2D eigenvalue weighted by Gasteiger charge is 2.14. The molecule has 0 bridgehead atoms. The van der Waals surface area contributed by atoms with E-state index in [0.717, 1.165) is 0 Å². The van der Waals surface area contributed by atoms with Crippen LogP contribution in [0.25, 0.3) is 0 Å². The van der Waals surface area contributed by atoms with Gasteiger partial charge in [0, 0.05) is 19.3 Å². The zero-order valence-corrected chi connectivity index (χ0v) is 11.5. The molecule has 1 aromatic rings. The number of amides is 1. The molecule has 0 aliphatic carbocycles. The number of hydrogen-bond donors (Lipinski definition) is 2. The Labute approximate surface area is 117 Å². The van der Waals surface area contributed by atoms with Crippen LogP contribution in [0.15, 0.2) is 18.2 Å². The summed E-state index contributed by atoms with van der Waals surface area (Å²) in [5, 5.41) is 2.53. The van der Waals surface area contributed by atoms with Gasteiger partial charge in [0.2, 0.25) is 0 Å². The first-order valence-electron chi connectivity index (χ1n) is 5.94. The Morgan fingerprint density at radius 3 is 2.70 bits per heavy atom. The third-order valence-electron chi connectivity index (χ3n) is 2.44. The van der Waals surface area contributed by atoms with Gasteiger partial charge in [0.25, 0.3) is 5.91 Å². The molecular formula is C13H18N2O5. The van der Waals surface area contributed by atoms with Crippen molar-refractivity contribution in [1.29, 1.82) is 0 Å². The quantitative estimate of drug-likeness (QED) is 0.421. The maximum absolute atomic E-state index is 11.8. The average Bonchev–Trinajstić information content (AvgIpc) is 2.45. The molecule has 0 unspecified atom stereocenters. The molecule has 0 atom stereocenters. The van der Waals surface area contributed by atoms with E-state index in [1.807, 2.05) is 0 Å². The van der Waals surface area contributed by atoms with Crippen molar-refractivity contribution in [3.63, 3.8) is 0 Å². The van der Waals surface area contributed by atoms with Crippen LogP contribution >= 0.6 is 0 Å². The zero-order chi connectivity index (χ0) is 15.0. The second-order valence-electron chi connectivity index (χ2n) is 3.87. The lowest BCUT2D eigenvalue weighted by Crippen LogP contribution is -2.31. The number of esters is 1. The molecule has 1 aromatic carbocycles. The summed E-state index contributed by atoms with van der Waals surface area (Å²) in [6.45, 7) is 0.371. The minimum atomic E-state index is -0.678. The molecule has 110 valence electrons. The van der Waals surface area contributed by atoms with Crippen LogP contribution in [-0.2, 0) is 14.3 Å².